The van der Waals surface area contributed by atoms with Crippen molar-refractivity contribution >= 4 is 22.6 Å². The van der Waals surface area contributed by atoms with Crippen molar-refractivity contribution in [3.63, 3.8) is 0 Å². The Hall–Kier alpha value is -2.17. The van der Waals surface area contributed by atoms with Crippen LogP contribution in [0, 0.1) is 0 Å². The first-order valence-corrected chi connectivity index (χ1v) is 6.79. The molecule has 0 bridgehead atoms. The third-order valence-electron chi connectivity index (χ3n) is 3.30. The Kier molecular flexibility index (Phi) is 3.73. The van der Waals surface area contributed by atoms with E-state index in [1.165, 1.54) is 0 Å². The van der Waals surface area contributed by atoms with Crippen molar-refractivity contribution in [2.45, 2.75) is 6.10 Å². The normalized spacial score (nSPS) is 12.3. The second-order valence-corrected chi connectivity index (χ2v) is 5.03. The van der Waals surface area contributed by atoms with Gasteiger partial charge in [0.1, 0.15) is 11.9 Å². The number of methoxy groups -OCH3 is 1. The van der Waals surface area contributed by atoms with Crippen LogP contribution in [0.2, 0.25) is 5.02 Å². The molecule has 21 heavy (non-hydrogen) atoms. The summed E-state index contributed by atoms with van der Waals surface area (Å²) >= 11 is 6.01. The molecule has 1 N–H and O–H groups in total. The first kappa shape index (κ1) is 13.8. The van der Waals surface area contributed by atoms with E-state index in [4.69, 9.17) is 16.3 Å². The molecule has 106 valence electrons. The fourth-order valence-electron chi connectivity index (χ4n) is 2.25. The van der Waals surface area contributed by atoms with Gasteiger partial charge in [-0.05, 0) is 35.9 Å². The third kappa shape index (κ3) is 2.68. The molecule has 0 saturated heterocycles. The van der Waals surface area contributed by atoms with E-state index >= 15 is 0 Å². The van der Waals surface area contributed by atoms with Crippen molar-refractivity contribution in [3.05, 3.63) is 64.9 Å². The largest absolute Gasteiger partial charge is 0.496 e. The van der Waals surface area contributed by atoms with E-state index in [-0.39, 0.29) is 0 Å². The summed E-state index contributed by atoms with van der Waals surface area (Å²) in [6.07, 6.45) is 2.42. The van der Waals surface area contributed by atoms with Crippen molar-refractivity contribution in [2.24, 2.45) is 0 Å². The van der Waals surface area contributed by atoms with Gasteiger partial charge in [-0.1, -0.05) is 17.7 Å². The van der Waals surface area contributed by atoms with Crippen molar-refractivity contribution in [1.82, 2.24) is 9.97 Å². The smallest absolute Gasteiger partial charge is 0.125 e. The molecule has 0 aliphatic rings. The van der Waals surface area contributed by atoms with E-state index < -0.39 is 6.10 Å². The number of aliphatic hydroxyl groups is 1. The Morgan fingerprint density at radius 2 is 1.81 bits per heavy atom. The van der Waals surface area contributed by atoms with E-state index in [9.17, 15) is 5.11 Å². The molecule has 3 rings (SSSR count). The minimum absolute atomic E-state index is 0.547. The molecule has 0 radical (unpaired) electrons. The van der Waals surface area contributed by atoms with Crippen LogP contribution in [-0.2, 0) is 0 Å². The highest BCUT2D eigenvalue weighted by Gasteiger charge is 2.16. The lowest BCUT2D eigenvalue weighted by atomic mass is 10.00. The van der Waals surface area contributed by atoms with Gasteiger partial charge in [0.15, 0.2) is 0 Å². The van der Waals surface area contributed by atoms with E-state index in [0.717, 1.165) is 11.0 Å². The maximum Gasteiger partial charge on any atom is 0.125 e. The molecule has 0 spiro atoms. The fraction of sp³-hybridized carbons (Fsp3) is 0.125. The molecule has 1 unspecified atom stereocenters. The highest BCUT2D eigenvalue weighted by atomic mass is 35.5. The maximum absolute atomic E-state index is 10.6. The Morgan fingerprint density at radius 3 is 2.57 bits per heavy atom. The van der Waals surface area contributed by atoms with Gasteiger partial charge in [-0.25, -0.2) is 0 Å². The summed E-state index contributed by atoms with van der Waals surface area (Å²) in [5.74, 6) is 0.589. The summed E-state index contributed by atoms with van der Waals surface area (Å²) in [5.41, 5.74) is 2.85. The van der Waals surface area contributed by atoms with Crippen LogP contribution in [0.25, 0.3) is 11.0 Å². The number of hydrogen-bond acceptors (Lipinski definition) is 4. The molecule has 0 amide bonds. The standard InChI is InChI=1S/C16H13ClN2O2/c1-21-15-5-3-11(17)9-12(15)16(20)10-2-4-13-14(8-10)19-7-6-18-13/h2-9,16,20H,1H3. The summed E-state index contributed by atoms with van der Waals surface area (Å²) in [4.78, 5) is 8.46. The zero-order valence-electron chi connectivity index (χ0n) is 11.3. The van der Waals surface area contributed by atoms with Crippen LogP contribution in [0.5, 0.6) is 5.75 Å². The van der Waals surface area contributed by atoms with Crippen LogP contribution in [0.3, 0.4) is 0 Å². The van der Waals surface area contributed by atoms with Gasteiger partial charge in [0, 0.05) is 23.0 Å². The predicted octanol–water partition coefficient (Wildman–Crippen LogP) is 3.37. The third-order valence-corrected chi connectivity index (χ3v) is 3.53. The van der Waals surface area contributed by atoms with Gasteiger partial charge in [-0.3, -0.25) is 9.97 Å². The molecule has 0 aliphatic heterocycles. The van der Waals surface area contributed by atoms with Gasteiger partial charge in [0.2, 0.25) is 0 Å². The van der Waals surface area contributed by atoms with Gasteiger partial charge < -0.3 is 9.84 Å². The molecular formula is C16H13ClN2O2. The van der Waals surface area contributed by atoms with Crippen LogP contribution < -0.4 is 4.74 Å². The molecule has 0 aliphatic carbocycles. The number of hydrogen-bond donors (Lipinski definition) is 1. The number of aliphatic hydroxyl groups excluding tert-OH is 1. The number of halogens is 1. The number of ether oxygens (including phenoxy) is 1. The molecule has 0 fully saturated rings. The van der Waals surface area contributed by atoms with Gasteiger partial charge in [0.25, 0.3) is 0 Å². The molecule has 4 nitrogen and oxygen atoms in total. The maximum atomic E-state index is 10.6. The minimum Gasteiger partial charge on any atom is -0.496 e. The molecule has 2 aromatic carbocycles. The van der Waals surface area contributed by atoms with E-state index in [2.05, 4.69) is 9.97 Å². The topological polar surface area (TPSA) is 55.2 Å². The number of aromatic nitrogens is 2. The second-order valence-electron chi connectivity index (χ2n) is 4.59. The van der Waals surface area contributed by atoms with Crippen molar-refractivity contribution in [3.8, 4) is 5.75 Å². The Morgan fingerprint density at radius 1 is 1.05 bits per heavy atom. The average molecular weight is 301 g/mol. The van der Waals surface area contributed by atoms with Crippen LogP contribution in [0.15, 0.2) is 48.8 Å². The SMILES string of the molecule is COc1ccc(Cl)cc1C(O)c1ccc2nccnc2c1. The lowest BCUT2D eigenvalue weighted by Gasteiger charge is -2.15. The molecular weight excluding hydrogens is 288 g/mol. The molecule has 3 aromatic rings. The number of rotatable bonds is 3. The van der Waals surface area contributed by atoms with Gasteiger partial charge >= 0.3 is 0 Å². The summed E-state index contributed by atoms with van der Waals surface area (Å²) < 4.78 is 5.28. The minimum atomic E-state index is -0.843. The summed E-state index contributed by atoms with van der Waals surface area (Å²) in [6.45, 7) is 0. The van der Waals surface area contributed by atoms with Gasteiger partial charge in [-0.2, -0.15) is 0 Å². The van der Waals surface area contributed by atoms with Crippen LogP contribution in [0.4, 0.5) is 0 Å². The van der Waals surface area contributed by atoms with Crippen molar-refractivity contribution < 1.29 is 9.84 Å². The summed E-state index contributed by atoms with van der Waals surface area (Å²) in [7, 11) is 1.56. The highest BCUT2D eigenvalue weighted by Crippen LogP contribution is 2.32. The zero-order valence-corrected chi connectivity index (χ0v) is 12.1. The molecule has 1 aromatic heterocycles. The highest BCUT2D eigenvalue weighted by molar-refractivity contribution is 6.30. The average Bonchev–Trinajstić information content (AvgIpc) is 2.53. The quantitative estimate of drug-likeness (QED) is 0.805. The fourth-order valence-corrected chi connectivity index (χ4v) is 2.43. The van der Waals surface area contributed by atoms with Crippen LogP contribution >= 0.6 is 11.6 Å². The second kappa shape index (κ2) is 5.68. The Bertz CT molecular complexity index is 792. The van der Waals surface area contributed by atoms with Gasteiger partial charge in [-0.15, -0.1) is 0 Å². The predicted molar refractivity (Wildman–Crippen MR) is 81.6 cm³/mol. The Balaban J connectivity index is 2.07. The van der Waals surface area contributed by atoms with E-state index in [1.807, 2.05) is 18.2 Å². The zero-order chi connectivity index (χ0) is 14.8. The lowest BCUT2D eigenvalue weighted by Crippen LogP contribution is -2.03. The Labute approximate surface area is 127 Å². The summed E-state index contributed by atoms with van der Waals surface area (Å²) in [6, 6.07) is 10.6. The number of fused-ring (bicyclic) bond motifs is 1. The molecule has 1 heterocycles. The van der Waals surface area contributed by atoms with Crippen LogP contribution in [0.1, 0.15) is 17.2 Å². The van der Waals surface area contributed by atoms with E-state index in [0.29, 0.717) is 21.9 Å². The van der Waals surface area contributed by atoms with E-state index in [1.54, 1.807) is 37.7 Å². The lowest BCUT2D eigenvalue weighted by molar-refractivity contribution is 0.215. The molecule has 1 atom stereocenters. The summed E-state index contributed by atoms with van der Waals surface area (Å²) in [5, 5.41) is 11.1. The number of benzene rings is 2. The van der Waals surface area contributed by atoms with Crippen LogP contribution in [-0.4, -0.2) is 22.2 Å². The first-order chi connectivity index (χ1) is 10.2. The van der Waals surface area contributed by atoms with Crippen molar-refractivity contribution in [2.75, 3.05) is 7.11 Å². The number of nitrogens with zero attached hydrogens (tertiary/aromatic N) is 2. The molecule has 0 saturated carbocycles. The first-order valence-electron chi connectivity index (χ1n) is 6.41. The monoisotopic (exact) mass is 300 g/mol. The van der Waals surface area contributed by atoms with Gasteiger partial charge in [0.05, 0.1) is 18.1 Å². The van der Waals surface area contributed by atoms with Crippen molar-refractivity contribution in [1.29, 1.82) is 0 Å². The molecule has 5 heteroatoms.